The summed E-state index contributed by atoms with van der Waals surface area (Å²) in [6.45, 7) is 3.71. The van der Waals surface area contributed by atoms with Gasteiger partial charge in [0, 0.05) is 17.1 Å². The Balaban J connectivity index is 2.32. The molecule has 1 amide bonds. The first-order chi connectivity index (χ1) is 10.0. The van der Waals surface area contributed by atoms with Crippen molar-refractivity contribution in [2.24, 2.45) is 5.92 Å². The van der Waals surface area contributed by atoms with Gasteiger partial charge in [0.2, 0.25) is 0 Å². The number of hydrogen-bond acceptors (Lipinski definition) is 4. The number of rotatable bonds is 4. The van der Waals surface area contributed by atoms with Crippen LogP contribution in [0.4, 0.5) is 0 Å². The number of nitrogens with one attached hydrogen (secondary N) is 1. The lowest BCUT2D eigenvalue weighted by molar-refractivity contribution is -0.144. The number of aromatic nitrogens is 1. The number of nitrogens with zero attached hydrogens (tertiary/aromatic N) is 1. The minimum absolute atomic E-state index is 0.0606. The second kappa shape index (κ2) is 6.35. The van der Waals surface area contributed by atoms with E-state index in [-0.39, 0.29) is 11.8 Å². The molecule has 0 saturated heterocycles. The van der Waals surface area contributed by atoms with Gasteiger partial charge < -0.3 is 10.1 Å². The predicted molar refractivity (Wildman–Crippen MR) is 79.9 cm³/mol. The van der Waals surface area contributed by atoms with E-state index in [1.807, 2.05) is 26.0 Å². The van der Waals surface area contributed by atoms with Crippen molar-refractivity contribution >= 4 is 22.8 Å². The number of ether oxygens (including phenoxy) is 1. The van der Waals surface area contributed by atoms with Crippen LogP contribution in [0.5, 0.6) is 0 Å². The van der Waals surface area contributed by atoms with Crippen molar-refractivity contribution in [2.75, 3.05) is 7.11 Å². The zero-order valence-electron chi connectivity index (χ0n) is 12.3. The van der Waals surface area contributed by atoms with Gasteiger partial charge in [0.05, 0.1) is 12.6 Å². The molecule has 1 atom stereocenters. The number of benzene rings is 1. The number of esters is 1. The quantitative estimate of drug-likeness (QED) is 0.875. The average molecular weight is 286 g/mol. The van der Waals surface area contributed by atoms with Crippen molar-refractivity contribution < 1.29 is 14.3 Å². The molecule has 0 aliphatic heterocycles. The first kappa shape index (κ1) is 15.0. The Hall–Kier alpha value is -2.43. The van der Waals surface area contributed by atoms with Crippen molar-refractivity contribution in [1.82, 2.24) is 10.3 Å². The standard InChI is InChI=1S/C16H18N2O3/c1-10(2)14(16(20)21-3)18-15(19)12-6-4-8-13-11(12)7-5-9-17-13/h4-10,14H,1-3H3,(H,18,19). The lowest BCUT2D eigenvalue weighted by atomic mass is 10.0. The topological polar surface area (TPSA) is 68.3 Å². The number of methoxy groups -OCH3 is 1. The smallest absolute Gasteiger partial charge is 0.328 e. The number of pyridine rings is 1. The highest BCUT2D eigenvalue weighted by Gasteiger charge is 2.25. The van der Waals surface area contributed by atoms with Crippen LogP contribution < -0.4 is 5.32 Å². The molecule has 0 bridgehead atoms. The summed E-state index contributed by atoms with van der Waals surface area (Å²) in [4.78, 5) is 28.4. The van der Waals surface area contributed by atoms with E-state index in [9.17, 15) is 9.59 Å². The zero-order chi connectivity index (χ0) is 15.4. The van der Waals surface area contributed by atoms with Gasteiger partial charge in [-0.05, 0) is 24.1 Å². The van der Waals surface area contributed by atoms with Crippen LogP contribution in [-0.2, 0) is 9.53 Å². The van der Waals surface area contributed by atoms with Crippen LogP contribution in [0, 0.1) is 5.92 Å². The van der Waals surface area contributed by atoms with Crippen molar-refractivity contribution in [3.63, 3.8) is 0 Å². The summed E-state index contributed by atoms with van der Waals surface area (Å²) in [7, 11) is 1.31. The molecule has 1 N–H and O–H groups in total. The highest BCUT2D eigenvalue weighted by atomic mass is 16.5. The van der Waals surface area contributed by atoms with Gasteiger partial charge in [-0.3, -0.25) is 9.78 Å². The highest BCUT2D eigenvalue weighted by molar-refractivity contribution is 6.07. The molecule has 1 unspecified atom stereocenters. The van der Waals surface area contributed by atoms with E-state index in [0.717, 1.165) is 10.9 Å². The van der Waals surface area contributed by atoms with Crippen molar-refractivity contribution in [1.29, 1.82) is 0 Å². The Morgan fingerprint density at radius 3 is 2.62 bits per heavy atom. The highest BCUT2D eigenvalue weighted by Crippen LogP contribution is 2.17. The summed E-state index contributed by atoms with van der Waals surface area (Å²) in [5.74, 6) is -0.816. The summed E-state index contributed by atoms with van der Waals surface area (Å²) in [5.41, 5.74) is 1.24. The van der Waals surface area contributed by atoms with E-state index in [4.69, 9.17) is 4.74 Å². The molecule has 1 aromatic heterocycles. The summed E-state index contributed by atoms with van der Waals surface area (Å²) >= 11 is 0. The monoisotopic (exact) mass is 286 g/mol. The van der Waals surface area contributed by atoms with Crippen LogP contribution in [-0.4, -0.2) is 30.0 Å². The molecule has 1 heterocycles. The first-order valence-electron chi connectivity index (χ1n) is 6.77. The fourth-order valence-electron chi connectivity index (χ4n) is 2.15. The first-order valence-corrected chi connectivity index (χ1v) is 6.77. The molecule has 5 heteroatoms. The van der Waals surface area contributed by atoms with Gasteiger partial charge in [-0.15, -0.1) is 0 Å². The number of amides is 1. The fourth-order valence-corrected chi connectivity index (χ4v) is 2.15. The lowest BCUT2D eigenvalue weighted by Gasteiger charge is -2.20. The molecule has 0 aliphatic carbocycles. The molecule has 0 aliphatic rings. The molecule has 0 fully saturated rings. The summed E-state index contributed by atoms with van der Waals surface area (Å²) in [6, 6.07) is 8.26. The van der Waals surface area contributed by atoms with E-state index in [2.05, 4.69) is 10.3 Å². The maximum absolute atomic E-state index is 12.4. The Labute approximate surface area is 123 Å². The van der Waals surface area contributed by atoms with Crippen LogP contribution >= 0.6 is 0 Å². The predicted octanol–water partition coefficient (Wildman–Crippen LogP) is 2.16. The van der Waals surface area contributed by atoms with Crippen LogP contribution in [0.3, 0.4) is 0 Å². The Bertz CT molecular complexity index is 662. The molecule has 21 heavy (non-hydrogen) atoms. The second-order valence-electron chi connectivity index (χ2n) is 5.09. The lowest BCUT2D eigenvalue weighted by Crippen LogP contribution is -2.45. The van der Waals surface area contributed by atoms with Gasteiger partial charge in [0.25, 0.3) is 5.91 Å². The molecule has 1 aromatic carbocycles. The molecule has 110 valence electrons. The number of fused-ring (bicyclic) bond motifs is 1. The number of carbonyl (C=O) groups is 2. The summed E-state index contributed by atoms with van der Waals surface area (Å²) < 4.78 is 4.73. The van der Waals surface area contributed by atoms with E-state index in [1.165, 1.54) is 7.11 Å². The second-order valence-corrected chi connectivity index (χ2v) is 5.09. The van der Waals surface area contributed by atoms with Crippen LogP contribution in [0.15, 0.2) is 36.5 Å². The SMILES string of the molecule is COC(=O)C(NC(=O)c1cccc2ncccc12)C(C)C. The number of hydrogen-bond donors (Lipinski definition) is 1. The molecule has 2 aromatic rings. The molecule has 5 nitrogen and oxygen atoms in total. The van der Waals surface area contributed by atoms with Gasteiger partial charge >= 0.3 is 5.97 Å². The molecular formula is C16H18N2O3. The van der Waals surface area contributed by atoms with E-state index in [1.54, 1.807) is 24.4 Å². The van der Waals surface area contributed by atoms with Crippen molar-refractivity contribution in [3.8, 4) is 0 Å². The maximum atomic E-state index is 12.4. The fraction of sp³-hybridized carbons (Fsp3) is 0.312. The van der Waals surface area contributed by atoms with E-state index >= 15 is 0 Å². The average Bonchev–Trinajstić information content (AvgIpc) is 2.50. The largest absolute Gasteiger partial charge is 0.467 e. The van der Waals surface area contributed by atoms with Gasteiger partial charge in [-0.25, -0.2) is 4.79 Å². The molecule has 0 spiro atoms. The zero-order valence-corrected chi connectivity index (χ0v) is 12.3. The Kier molecular flexibility index (Phi) is 4.52. The summed E-state index contributed by atoms with van der Waals surface area (Å²) in [6.07, 6.45) is 1.68. The minimum atomic E-state index is -0.672. The molecular weight excluding hydrogens is 268 g/mol. The summed E-state index contributed by atoms with van der Waals surface area (Å²) in [5, 5.41) is 3.49. The van der Waals surface area contributed by atoms with Gasteiger partial charge in [0.15, 0.2) is 0 Å². The van der Waals surface area contributed by atoms with Crippen molar-refractivity contribution in [2.45, 2.75) is 19.9 Å². The van der Waals surface area contributed by atoms with E-state index < -0.39 is 12.0 Å². The molecule has 2 rings (SSSR count). The molecule has 0 radical (unpaired) electrons. The Morgan fingerprint density at radius 2 is 1.95 bits per heavy atom. The minimum Gasteiger partial charge on any atom is -0.467 e. The Morgan fingerprint density at radius 1 is 1.19 bits per heavy atom. The van der Waals surface area contributed by atoms with Gasteiger partial charge in [0.1, 0.15) is 6.04 Å². The third kappa shape index (κ3) is 3.18. The van der Waals surface area contributed by atoms with Crippen molar-refractivity contribution in [3.05, 3.63) is 42.1 Å². The van der Waals surface area contributed by atoms with Crippen LogP contribution in [0.1, 0.15) is 24.2 Å². The van der Waals surface area contributed by atoms with Crippen LogP contribution in [0.25, 0.3) is 10.9 Å². The third-order valence-electron chi connectivity index (χ3n) is 3.30. The van der Waals surface area contributed by atoms with Crippen LogP contribution in [0.2, 0.25) is 0 Å². The third-order valence-corrected chi connectivity index (χ3v) is 3.30. The normalized spacial score (nSPS) is 12.2. The maximum Gasteiger partial charge on any atom is 0.328 e. The van der Waals surface area contributed by atoms with Gasteiger partial charge in [-0.1, -0.05) is 26.0 Å². The number of carbonyl (C=O) groups excluding carboxylic acids is 2. The van der Waals surface area contributed by atoms with Gasteiger partial charge in [-0.2, -0.15) is 0 Å². The van der Waals surface area contributed by atoms with E-state index in [0.29, 0.717) is 5.56 Å². The molecule has 0 saturated carbocycles.